The Morgan fingerprint density at radius 2 is 1.63 bits per heavy atom. The van der Waals surface area contributed by atoms with Gasteiger partial charge in [-0.2, -0.15) is 9.78 Å². The zero-order valence-electron chi connectivity index (χ0n) is 19.9. The van der Waals surface area contributed by atoms with E-state index < -0.39 is 0 Å². The first-order valence-electron chi connectivity index (χ1n) is 11.5. The summed E-state index contributed by atoms with van der Waals surface area (Å²) in [6.07, 6.45) is 1.71. The molecule has 0 atom stereocenters. The molecule has 7 heteroatoms. The van der Waals surface area contributed by atoms with Crippen LogP contribution in [-0.2, 0) is 0 Å². The van der Waals surface area contributed by atoms with Gasteiger partial charge >= 0.3 is 0 Å². The van der Waals surface area contributed by atoms with Gasteiger partial charge in [0.05, 0.1) is 17.2 Å². The Balaban J connectivity index is 1.61. The molecule has 7 nitrogen and oxygen atoms in total. The topological polar surface area (TPSA) is 98.2 Å². The minimum Gasteiger partial charge on any atom is -0.383 e. The lowest BCUT2D eigenvalue weighted by molar-refractivity contribution is 0.102. The molecule has 0 fully saturated rings. The van der Waals surface area contributed by atoms with Crippen molar-refractivity contribution < 1.29 is 4.79 Å². The number of carbonyl (C=O) groups excluding carboxylic acids is 1. The number of aryl methyl sites for hydroxylation is 1. The zero-order valence-corrected chi connectivity index (χ0v) is 19.9. The molecule has 0 aliphatic rings. The van der Waals surface area contributed by atoms with Crippen LogP contribution >= 0.6 is 0 Å². The van der Waals surface area contributed by atoms with E-state index in [1.807, 2.05) is 67.6 Å². The van der Waals surface area contributed by atoms with Crippen LogP contribution in [0.2, 0.25) is 0 Å². The number of nitrogens with one attached hydrogen (secondary N) is 1. The Kier molecular flexibility index (Phi) is 5.74. The summed E-state index contributed by atoms with van der Waals surface area (Å²) in [6, 6.07) is 23.2. The van der Waals surface area contributed by atoms with E-state index in [4.69, 9.17) is 15.7 Å². The normalized spacial score (nSPS) is 11.7. The fourth-order valence-corrected chi connectivity index (χ4v) is 3.91. The first-order valence-corrected chi connectivity index (χ1v) is 11.5. The number of aromatic nitrogens is 3. The molecule has 5 aromatic rings. The number of nitrogens with two attached hydrogens (primary N) is 1. The molecular formula is C28H26N6O. The van der Waals surface area contributed by atoms with Crippen LogP contribution in [0, 0.1) is 6.92 Å². The van der Waals surface area contributed by atoms with Crippen LogP contribution in [0.4, 0.5) is 11.5 Å². The molecule has 0 bridgehead atoms. The van der Waals surface area contributed by atoms with E-state index in [9.17, 15) is 4.79 Å². The highest BCUT2D eigenvalue weighted by molar-refractivity contribution is 6.16. The molecule has 2 heterocycles. The summed E-state index contributed by atoms with van der Waals surface area (Å²) in [7, 11) is 0. The van der Waals surface area contributed by atoms with Gasteiger partial charge in [-0.25, -0.2) is 9.97 Å². The van der Waals surface area contributed by atoms with E-state index in [2.05, 4.69) is 36.4 Å². The van der Waals surface area contributed by atoms with E-state index in [0.29, 0.717) is 33.8 Å². The number of anilines is 2. The molecule has 0 aliphatic heterocycles. The summed E-state index contributed by atoms with van der Waals surface area (Å²) in [6.45, 7) is 6.30. The van der Waals surface area contributed by atoms with Gasteiger partial charge in [-0.1, -0.05) is 67.9 Å². The SMILES string of the molecule is Cc1ccc(NC(=O)c2c(N)n(N=Cc3ccc(C(C)C)cc3)c3nc4ccccc4nc23)cc1. The van der Waals surface area contributed by atoms with Crippen molar-refractivity contribution in [1.29, 1.82) is 0 Å². The van der Waals surface area contributed by atoms with Crippen molar-refractivity contribution in [3.63, 3.8) is 0 Å². The maximum atomic E-state index is 13.3. The second-order valence-corrected chi connectivity index (χ2v) is 8.84. The van der Waals surface area contributed by atoms with Crippen molar-refractivity contribution in [2.45, 2.75) is 26.7 Å². The van der Waals surface area contributed by atoms with Gasteiger partial charge in [0.25, 0.3) is 5.91 Å². The number of carbonyl (C=O) groups is 1. The first kappa shape index (κ1) is 22.3. The Hall–Kier alpha value is -4.52. The second-order valence-electron chi connectivity index (χ2n) is 8.84. The molecule has 2 aromatic heterocycles. The number of nitrogen functional groups attached to an aromatic ring is 1. The van der Waals surface area contributed by atoms with Crippen LogP contribution in [0.5, 0.6) is 0 Å². The van der Waals surface area contributed by atoms with Gasteiger partial charge in [0.15, 0.2) is 5.65 Å². The lowest BCUT2D eigenvalue weighted by Gasteiger charge is -2.06. The smallest absolute Gasteiger partial charge is 0.261 e. The van der Waals surface area contributed by atoms with Crippen LogP contribution in [0.15, 0.2) is 77.9 Å². The van der Waals surface area contributed by atoms with Crippen LogP contribution in [0.25, 0.3) is 22.2 Å². The van der Waals surface area contributed by atoms with Crippen molar-refractivity contribution >= 4 is 45.8 Å². The van der Waals surface area contributed by atoms with Gasteiger partial charge in [-0.15, -0.1) is 0 Å². The third-order valence-electron chi connectivity index (χ3n) is 5.94. The maximum Gasteiger partial charge on any atom is 0.261 e. The van der Waals surface area contributed by atoms with Crippen LogP contribution in [0.3, 0.4) is 0 Å². The standard InChI is InChI=1S/C28H26N6O/c1-17(2)20-12-10-19(11-13-20)16-30-34-26(29)24(28(35)31-21-14-8-18(3)9-15-21)25-27(34)33-23-7-5-4-6-22(23)32-25/h4-17H,29H2,1-3H3,(H,31,35). The highest BCUT2D eigenvalue weighted by atomic mass is 16.1. The predicted molar refractivity (Wildman–Crippen MR) is 142 cm³/mol. The number of hydrogen-bond acceptors (Lipinski definition) is 5. The minimum absolute atomic E-state index is 0.176. The zero-order chi connectivity index (χ0) is 24.5. The summed E-state index contributed by atoms with van der Waals surface area (Å²) >= 11 is 0. The highest BCUT2D eigenvalue weighted by Crippen LogP contribution is 2.29. The number of fused-ring (bicyclic) bond motifs is 2. The molecular weight excluding hydrogens is 436 g/mol. The van der Waals surface area contributed by atoms with Crippen LogP contribution in [-0.4, -0.2) is 26.8 Å². The number of hydrogen-bond donors (Lipinski definition) is 2. The van der Waals surface area contributed by atoms with Crippen molar-refractivity contribution in [1.82, 2.24) is 14.6 Å². The summed E-state index contributed by atoms with van der Waals surface area (Å²) in [5.74, 6) is 0.259. The largest absolute Gasteiger partial charge is 0.383 e. The molecule has 0 saturated carbocycles. The van der Waals surface area contributed by atoms with Crippen LogP contribution in [0.1, 0.15) is 46.8 Å². The summed E-state index contributed by atoms with van der Waals surface area (Å²) in [5, 5.41) is 7.51. The van der Waals surface area contributed by atoms with Crippen molar-refractivity contribution in [2.75, 3.05) is 11.1 Å². The molecule has 5 rings (SSSR count). The molecule has 0 unspecified atom stereocenters. The van der Waals surface area contributed by atoms with E-state index in [1.54, 1.807) is 6.21 Å². The molecule has 1 amide bonds. The number of rotatable bonds is 5. The molecule has 0 aliphatic carbocycles. The Labute approximate surface area is 203 Å². The van der Waals surface area contributed by atoms with Crippen LogP contribution < -0.4 is 11.1 Å². The second kappa shape index (κ2) is 9.02. The van der Waals surface area contributed by atoms with Crippen molar-refractivity contribution in [3.05, 3.63) is 95.1 Å². The van der Waals surface area contributed by atoms with Crippen molar-refractivity contribution in [3.8, 4) is 0 Å². The van der Waals surface area contributed by atoms with Crippen molar-refractivity contribution in [2.24, 2.45) is 5.10 Å². The molecule has 0 radical (unpaired) electrons. The first-order chi connectivity index (χ1) is 16.9. The van der Waals surface area contributed by atoms with Gasteiger partial charge in [0, 0.05) is 5.69 Å². The molecule has 3 aromatic carbocycles. The molecule has 3 N–H and O–H groups in total. The molecule has 35 heavy (non-hydrogen) atoms. The summed E-state index contributed by atoms with van der Waals surface area (Å²) in [4.78, 5) is 22.8. The molecule has 174 valence electrons. The fourth-order valence-electron chi connectivity index (χ4n) is 3.91. The van der Waals surface area contributed by atoms with Gasteiger partial charge in [0.1, 0.15) is 16.9 Å². The van der Waals surface area contributed by atoms with Gasteiger partial charge in [0.2, 0.25) is 0 Å². The maximum absolute atomic E-state index is 13.3. The highest BCUT2D eigenvalue weighted by Gasteiger charge is 2.24. The lowest BCUT2D eigenvalue weighted by Crippen LogP contribution is -2.14. The number of benzene rings is 3. The Morgan fingerprint density at radius 3 is 2.29 bits per heavy atom. The predicted octanol–water partition coefficient (Wildman–Crippen LogP) is 5.73. The summed E-state index contributed by atoms with van der Waals surface area (Å²) < 4.78 is 1.48. The van der Waals surface area contributed by atoms with Gasteiger partial charge in [-0.05, 0) is 48.2 Å². The van der Waals surface area contributed by atoms with E-state index in [0.717, 1.165) is 11.1 Å². The Morgan fingerprint density at radius 1 is 0.971 bits per heavy atom. The van der Waals surface area contributed by atoms with E-state index >= 15 is 0 Å². The quantitative estimate of drug-likeness (QED) is 0.326. The van der Waals surface area contributed by atoms with E-state index in [-0.39, 0.29) is 17.3 Å². The van der Waals surface area contributed by atoms with Gasteiger partial charge in [-0.3, -0.25) is 4.79 Å². The lowest BCUT2D eigenvalue weighted by atomic mass is 10.0. The number of nitrogens with zero attached hydrogens (tertiary/aromatic N) is 4. The number of amides is 1. The monoisotopic (exact) mass is 462 g/mol. The molecule has 0 spiro atoms. The summed E-state index contributed by atoms with van der Waals surface area (Å²) in [5.41, 5.74) is 12.9. The van der Waals surface area contributed by atoms with E-state index in [1.165, 1.54) is 10.2 Å². The Bertz CT molecular complexity index is 1560. The average Bonchev–Trinajstić information content (AvgIpc) is 3.13. The number of para-hydroxylation sites is 2. The average molecular weight is 463 g/mol. The third kappa shape index (κ3) is 4.36. The fraction of sp³-hybridized carbons (Fsp3) is 0.143. The minimum atomic E-state index is -0.365. The van der Waals surface area contributed by atoms with Gasteiger partial charge < -0.3 is 11.1 Å². The molecule has 0 saturated heterocycles. The third-order valence-corrected chi connectivity index (χ3v) is 5.94.